The van der Waals surface area contributed by atoms with Crippen LogP contribution in [-0.2, 0) is 10.9 Å². The summed E-state index contributed by atoms with van der Waals surface area (Å²) in [6.07, 6.45) is -0.462. The molecule has 3 N–H and O–H groups in total. The molecular formula is C30H31ClF4N6O3. The van der Waals surface area contributed by atoms with E-state index in [1.807, 2.05) is 0 Å². The van der Waals surface area contributed by atoms with E-state index in [1.54, 1.807) is 0 Å². The molecule has 5 fully saturated rings. The van der Waals surface area contributed by atoms with Crippen molar-refractivity contribution in [2.24, 2.45) is 10.8 Å². The first-order valence-electron chi connectivity index (χ1n) is 14.9. The number of nitrogens with zero attached hydrogens (tertiary/aromatic N) is 4. The molecule has 44 heavy (non-hydrogen) atoms. The van der Waals surface area contributed by atoms with Crippen molar-refractivity contribution in [1.29, 1.82) is 0 Å². The van der Waals surface area contributed by atoms with E-state index in [9.17, 15) is 13.2 Å². The highest BCUT2D eigenvalue weighted by Crippen LogP contribution is 2.58. The van der Waals surface area contributed by atoms with E-state index in [4.69, 9.17) is 36.5 Å². The monoisotopic (exact) mass is 634 g/mol. The second-order valence-electron chi connectivity index (χ2n) is 13.4. The van der Waals surface area contributed by atoms with Gasteiger partial charge in [0.15, 0.2) is 5.82 Å². The molecule has 3 atom stereocenters. The van der Waals surface area contributed by atoms with Crippen molar-refractivity contribution in [2.75, 3.05) is 43.6 Å². The van der Waals surface area contributed by atoms with Crippen LogP contribution in [0.2, 0.25) is 5.02 Å². The third-order valence-electron chi connectivity index (χ3n) is 9.82. The Kier molecular flexibility index (Phi) is 6.22. The zero-order chi connectivity index (χ0) is 30.6. The lowest BCUT2D eigenvalue weighted by Gasteiger charge is -2.58. The molecule has 3 aromatic rings. The van der Waals surface area contributed by atoms with Gasteiger partial charge in [-0.15, -0.1) is 0 Å². The molecule has 14 heteroatoms. The lowest BCUT2D eigenvalue weighted by Crippen LogP contribution is -2.59. The molecule has 9 rings (SSSR count). The molecule has 0 amide bonds. The number of hydrogen-bond donors (Lipinski definition) is 2. The first-order valence-corrected chi connectivity index (χ1v) is 15.2. The largest absolute Gasteiger partial charge is 0.477 e. The zero-order valence-corrected chi connectivity index (χ0v) is 24.7. The Labute approximate surface area is 255 Å². The summed E-state index contributed by atoms with van der Waals surface area (Å²) in [5, 5.41) is 3.19. The van der Waals surface area contributed by atoms with Gasteiger partial charge >= 0.3 is 12.2 Å². The Morgan fingerprint density at radius 3 is 2.75 bits per heavy atom. The number of benzene rings is 1. The molecule has 4 saturated heterocycles. The first-order chi connectivity index (χ1) is 20.9. The van der Waals surface area contributed by atoms with Crippen LogP contribution < -0.4 is 25.4 Å². The highest BCUT2D eigenvalue weighted by atomic mass is 35.5. The van der Waals surface area contributed by atoms with Crippen LogP contribution in [0.15, 0.2) is 12.1 Å². The van der Waals surface area contributed by atoms with Gasteiger partial charge in [0.25, 0.3) is 0 Å². The van der Waals surface area contributed by atoms with Gasteiger partial charge < -0.3 is 30.2 Å². The van der Waals surface area contributed by atoms with Gasteiger partial charge in [-0.05, 0) is 43.2 Å². The van der Waals surface area contributed by atoms with Crippen molar-refractivity contribution in [3.05, 3.63) is 28.5 Å². The molecule has 0 radical (unpaired) electrons. The Hall–Kier alpha value is -3.16. The van der Waals surface area contributed by atoms with Crippen LogP contribution in [0.3, 0.4) is 0 Å². The molecule has 234 valence electrons. The number of ether oxygens (including phenoxy) is 3. The lowest BCUT2D eigenvalue weighted by atomic mass is 9.53. The van der Waals surface area contributed by atoms with Crippen LogP contribution in [0.25, 0.3) is 22.2 Å². The molecule has 5 aliphatic heterocycles. The quantitative estimate of drug-likeness (QED) is 0.289. The minimum absolute atomic E-state index is 0.0119. The van der Waals surface area contributed by atoms with Gasteiger partial charge in [0.1, 0.15) is 22.4 Å². The summed E-state index contributed by atoms with van der Waals surface area (Å²) in [7, 11) is 0. The van der Waals surface area contributed by atoms with Gasteiger partial charge in [0, 0.05) is 47.8 Å². The number of nitrogens with two attached hydrogens (primary N) is 1. The maximum absolute atomic E-state index is 16.7. The van der Waals surface area contributed by atoms with E-state index < -0.39 is 33.8 Å². The van der Waals surface area contributed by atoms with Crippen LogP contribution in [0, 0.1) is 16.6 Å². The Morgan fingerprint density at radius 1 is 1.16 bits per heavy atom. The van der Waals surface area contributed by atoms with Crippen LogP contribution in [0.4, 0.5) is 29.1 Å². The van der Waals surface area contributed by atoms with Gasteiger partial charge in [-0.25, -0.2) is 9.37 Å². The highest BCUT2D eigenvalue weighted by molar-refractivity contribution is 6.32. The topological polar surface area (TPSA) is 108 Å². The molecule has 4 bridgehead atoms. The van der Waals surface area contributed by atoms with Crippen molar-refractivity contribution in [3.8, 4) is 23.1 Å². The number of alkyl halides is 3. The third kappa shape index (κ3) is 4.45. The van der Waals surface area contributed by atoms with E-state index in [0.717, 1.165) is 37.8 Å². The second kappa shape index (κ2) is 9.67. The van der Waals surface area contributed by atoms with Crippen LogP contribution in [-0.4, -0.2) is 66.0 Å². The molecular weight excluding hydrogens is 604 g/mol. The molecule has 7 heterocycles. The summed E-state index contributed by atoms with van der Waals surface area (Å²) in [6.45, 7) is 4.54. The van der Waals surface area contributed by atoms with E-state index in [1.165, 1.54) is 0 Å². The standard InChI is InChI=1S/C30H31ClF4N6O3/c1-28-9-29(10-28,12-42-11-28)13-44-27-39-24-20-25(40-27)41-8-15-2-3-18(37-15)19(41)4-5-43-26(20)38-23(22(24)32)16-6-14(36)7-17(31)21(16)30(33,34)35/h6-7,15,18-19,37H,2-5,8-13,36H2,1H3/t15-,18+,19-,28?,29?/m1/s1. The summed E-state index contributed by atoms with van der Waals surface area (Å²) >= 11 is 6.02. The molecule has 0 spiro atoms. The van der Waals surface area contributed by atoms with E-state index in [-0.39, 0.29) is 70.7 Å². The number of fused-ring (bicyclic) bond motifs is 7. The van der Waals surface area contributed by atoms with Crippen LogP contribution in [0.5, 0.6) is 11.9 Å². The van der Waals surface area contributed by atoms with Gasteiger partial charge in [-0.3, -0.25) is 0 Å². The molecule has 1 aromatic carbocycles. The predicted molar refractivity (Wildman–Crippen MR) is 154 cm³/mol. The van der Waals surface area contributed by atoms with Gasteiger partial charge in [-0.1, -0.05) is 18.5 Å². The number of nitrogen functional groups attached to an aromatic ring is 1. The number of anilines is 2. The number of halogens is 5. The Morgan fingerprint density at radius 2 is 1.98 bits per heavy atom. The van der Waals surface area contributed by atoms with Crippen LogP contribution >= 0.6 is 11.6 Å². The fraction of sp³-hybridized carbons (Fsp3) is 0.567. The molecule has 2 aromatic heterocycles. The Bertz CT molecular complexity index is 1680. The molecule has 6 aliphatic rings. The maximum atomic E-state index is 16.7. The van der Waals surface area contributed by atoms with E-state index >= 15 is 4.39 Å². The number of pyridine rings is 1. The smallest absolute Gasteiger partial charge is 0.418 e. The van der Waals surface area contributed by atoms with Crippen molar-refractivity contribution < 1.29 is 31.8 Å². The fourth-order valence-electron chi connectivity index (χ4n) is 8.36. The minimum atomic E-state index is -4.91. The average Bonchev–Trinajstić information content (AvgIpc) is 3.33. The number of rotatable bonds is 4. The lowest BCUT2D eigenvalue weighted by molar-refractivity contribution is -0.197. The molecule has 1 aliphatic carbocycles. The van der Waals surface area contributed by atoms with E-state index in [0.29, 0.717) is 32.0 Å². The van der Waals surface area contributed by atoms with Gasteiger partial charge in [-0.2, -0.15) is 23.1 Å². The van der Waals surface area contributed by atoms with E-state index in [2.05, 4.69) is 27.1 Å². The molecule has 0 unspecified atom stereocenters. The number of piperazine rings is 1. The maximum Gasteiger partial charge on any atom is 0.418 e. The van der Waals surface area contributed by atoms with Crippen molar-refractivity contribution in [1.82, 2.24) is 20.3 Å². The summed E-state index contributed by atoms with van der Waals surface area (Å²) in [5.74, 6) is -0.722. The SMILES string of the molecule is CC12COCC(COc3nc4c5c(nc(-c6cc(N)cc(Cl)c6C(F)(F)F)c(F)c5n3)OCC[C@@H]3[C@@H]5CC[C@H](CN43)N5)(C1)C2. The summed E-state index contributed by atoms with van der Waals surface area (Å²) in [5.41, 5.74) is 3.03. The second-order valence-corrected chi connectivity index (χ2v) is 13.8. The highest BCUT2D eigenvalue weighted by Gasteiger charge is 2.56. The number of nitrogens with one attached hydrogen (secondary N) is 1. The number of aromatic nitrogens is 3. The molecule has 1 saturated carbocycles. The van der Waals surface area contributed by atoms with Crippen molar-refractivity contribution in [3.63, 3.8) is 0 Å². The normalized spacial score (nSPS) is 30.7. The van der Waals surface area contributed by atoms with Crippen molar-refractivity contribution in [2.45, 2.75) is 63.3 Å². The van der Waals surface area contributed by atoms with Crippen molar-refractivity contribution >= 4 is 34.0 Å². The first kappa shape index (κ1) is 28.3. The number of hydrogen-bond acceptors (Lipinski definition) is 9. The predicted octanol–water partition coefficient (Wildman–Crippen LogP) is 5.37. The minimum Gasteiger partial charge on any atom is -0.477 e. The summed E-state index contributed by atoms with van der Waals surface area (Å²) < 4.78 is 77.5. The fourth-order valence-corrected chi connectivity index (χ4v) is 8.70. The average molecular weight is 635 g/mol. The summed E-state index contributed by atoms with van der Waals surface area (Å²) in [6, 6.07) is 2.36. The summed E-state index contributed by atoms with van der Waals surface area (Å²) in [4.78, 5) is 15.7. The van der Waals surface area contributed by atoms with Gasteiger partial charge in [0.2, 0.25) is 5.88 Å². The van der Waals surface area contributed by atoms with Gasteiger partial charge in [0.05, 0.1) is 37.0 Å². The zero-order valence-electron chi connectivity index (χ0n) is 23.9. The third-order valence-corrected chi connectivity index (χ3v) is 10.1. The molecule has 9 nitrogen and oxygen atoms in total. The Balaban J connectivity index is 1.31. The van der Waals surface area contributed by atoms with Crippen LogP contribution in [0.1, 0.15) is 44.6 Å².